The maximum atomic E-state index is 12.5. The number of aromatic hydroxyl groups is 1. The smallest absolute Gasteiger partial charge is 0.257 e. The first kappa shape index (κ1) is 13.7. The molecule has 1 atom stereocenters. The van der Waals surface area contributed by atoms with Crippen molar-refractivity contribution in [2.24, 2.45) is 5.73 Å². The van der Waals surface area contributed by atoms with Crippen LogP contribution in [0.15, 0.2) is 15.0 Å². The van der Waals surface area contributed by atoms with Gasteiger partial charge in [0.25, 0.3) is 6.43 Å². The lowest BCUT2D eigenvalue weighted by atomic mass is 10.1. The fourth-order valence-corrected chi connectivity index (χ4v) is 2.14. The first-order valence-electron chi connectivity index (χ1n) is 4.18. The number of hydrogen-bond donors (Lipinski definition) is 2. The highest BCUT2D eigenvalue weighted by Gasteiger charge is 2.24. The molecule has 90 valence electrons. The van der Waals surface area contributed by atoms with E-state index in [1.165, 1.54) is 13.2 Å². The summed E-state index contributed by atoms with van der Waals surface area (Å²) in [6.07, 6.45) is -2.70. The van der Waals surface area contributed by atoms with Crippen molar-refractivity contribution >= 4 is 31.9 Å². The van der Waals surface area contributed by atoms with Crippen LogP contribution < -0.4 is 10.5 Å². The van der Waals surface area contributed by atoms with Crippen LogP contribution in [0.2, 0.25) is 0 Å². The molecule has 1 rings (SSSR count). The Hall–Kier alpha value is -0.400. The van der Waals surface area contributed by atoms with Gasteiger partial charge in [-0.05, 0) is 43.5 Å². The van der Waals surface area contributed by atoms with Crippen molar-refractivity contribution in [1.82, 2.24) is 0 Å². The average molecular weight is 361 g/mol. The van der Waals surface area contributed by atoms with Crippen molar-refractivity contribution in [3.63, 3.8) is 0 Å². The molecule has 0 amide bonds. The minimum absolute atomic E-state index is 0.0844. The fraction of sp³-hybridized carbons (Fsp3) is 0.333. The maximum absolute atomic E-state index is 12.5. The van der Waals surface area contributed by atoms with Crippen LogP contribution in [0.1, 0.15) is 11.6 Å². The second-order valence-corrected chi connectivity index (χ2v) is 4.59. The van der Waals surface area contributed by atoms with Crippen molar-refractivity contribution in [3.05, 3.63) is 20.6 Å². The number of alkyl halides is 2. The minimum Gasteiger partial charge on any atom is -0.503 e. The van der Waals surface area contributed by atoms with Gasteiger partial charge in [-0.2, -0.15) is 0 Å². The zero-order valence-electron chi connectivity index (χ0n) is 8.18. The predicted octanol–water partition coefficient (Wildman–Crippen LogP) is 3.19. The predicted molar refractivity (Wildman–Crippen MR) is 63.0 cm³/mol. The Morgan fingerprint density at radius 1 is 1.38 bits per heavy atom. The minimum atomic E-state index is -2.70. The first-order valence-corrected chi connectivity index (χ1v) is 5.77. The third kappa shape index (κ3) is 2.46. The standard InChI is InChI=1S/C9H9Br2F2NO2/c1-16-4-2-3(7(14)9(12)13)5(10)6(11)8(4)15/h2,7,9,15H,14H2,1H3/t7-/m0/s1. The highest BCUT2D eigenvalue weighted by molar-refractivity contribution is 9.13. The Kier molecular flexibility index (Phi) is 4.52. The first-order chi connectivity index (χ1) is 7.40. The van der Waals surface area contributed by atoms with Crippen molar-refractivity contribution in [1.29, 1.82) is 0 Å². The Balaban J connectivity index is 3.35. The summed E-state index contributed by atoms with van der Waals surface area (Å²) in [7, 11) is 1.33. The van der Waals surface area contributed by atoms with Gasteiger partial charge in [0.1, 0.15) is 0 Å². The molecule has 0 fully saturated rings. The summed E-state index contributed by atoms with van der Waals surface area (Å²) >= 11 is 6.15. The van der Waals surface area contributed by atoms with Gasteiger partial charge in [0.15, 0.2) is 11.5 Å². The number of nitrogens with two attached hydrogens (primary N) is 1. The number of benzene rings is 1. The van der Waals surface area contributed by atoms with E-state index in [0.717, 1.165) is 0 Å². The van der Waals surface area contributed by atoms with E-state index in [2.05, 4.69) is 31.9 Å². The average Bonchev–Trinajstić information content (AvgIpc) is 2.25. The molecule has 0 aliphatic heterocycles. The Morgan fingerprint density at radius 3 is 2.38 bits per heavy atom. The number of hydrogen-bond acceptors (Lipinski definition) is 3. The van der Waals surface area contributed by atoms with E-state index in [9.17, 15) is 13.9 Å². The highest BCUT2D eigenvalue weighted by atomic mass is 79.9. The summed E-state index contributed by atoms with van der Waals surface area (Å²) in [6.45, 7) is 0. The molecule has 1 aromatic rings. The lowest BCUT2D eigenvalue weighted by Gasteiger charge is -2.16. The molecule has 16 heavy (non-hydrogen) atoms. The molecule has 0 bridgehead atoms. The zero-order chi connectivity index (χ0) is 12.5. The van der Waals surface area contributed by atoms with Crippen LogP contribution in [0.3, 0.4) is 0 Å². The van der Waals surface area contributed by atoms with Gasteiger partial charge in [0, 0.05) is 4.47 Å². The maximum Gasteiger partial charge on any atom is 0.257 e. The summed E-state index contributed by atoms with van der Waals surface area (Å²) < 4.78 is 30.4. The topological polar surface area (TPSA) is 55.5 Å². The number of rotatable bonds is 3. The van der Waals surface area contributed by atoms with Crippen LogP contribution in [-0.4, -0.2) is 18.6 Å². The third-order valence-corrected chi connectivity index (χ3v) is 4.18. The van der Waals surface area contributed by atoms with Gasteiger partial charge < -0.3 is 15.6 Å². The molecule has 7 heteroatoms. The molecule has 0 aliphatic carbocycles. The Bertz CT molecular complexity index is 402. The Labute approximate surface area is 108 Å². The molecular formula is C9H9Br2F2NO2. The monoisotopic (exact) mass is 359 g/mol. The van der Waals surface area contributed by atoms with Gasteiger partial charge in [-0.1, -0.05) is 0 Å². The molecular weight excluding hydrogens is 352 g/mol. The van der Waals surface area contributed by atoms with Crippen LogP contribution >= 0.6 is 31.9 Å². The SMILES string of the molecule is COc1cc([C@H](N)C(F)F)c(Br)c(Br)c1O. The van der Waals surface area contributed by atoms with E-state index >= 15 is 0 Å². The number of ether oxygens (including phenoxy) is 1. The zero-order valence-corrected chi connectivity index (χ0v) is 11.3. The molecule has 0 aromatic heterocycles. The van der Waals surface area contributed by atoms with E-state index in [4.69, 9.17) is 10.5 Å². The fourth-order valence-electron chi connectivity index (χ4n) is 1.15. The molecule has 1 aromatic carbocycles. The molecule has 0 aliphatic rings. The van der Waals surface area contributed by atoms with Gasteiger partial charge >= 0.3 is 0 Å². The van der Waals surface area contributed by atoms with Crippen LogP contribution in [-0.2, 0) is 0 Å². The van der Waals surface area contributed by atoms with Gasteiger partial charge in [-0.25, -0.2) is 8.78 Å². The number of halogens is 4. The van der Waals surface area contributed by atoms with Gasteiger partial charge in [0.2, 0.25) is 0 Å². The van der Waals surface area contributed by atoms with Crippen LogP contribution in [0.25, 0.3) is 0 Å². The highest BCUT2D eigenvalue weighted by Crippen LogP contribution is 2.43. The molecule has 3 nitrogen and oxygen atoms in total. The van der Waals surface area contributed by atoms with Crippen LogP contribution in [0.5, 0.6) is 11.5 Å². The summed E-state index contributed by atoms with van der Waals surface area (Å²) in [5.74, 6) is -0.0826. The second-order valence-electron chi connectivity index (χ2n) is 3.00. The largest absolute Gasteiger partial charge is 0.503 e. The van der Waals surface area contributed by atoms with Gasteiger partial charge in [-0.15, -0.1) is 0 Å². The second kappa shape index (κ2) is 5.29. The van der Waals surface area contributed by atoms with Gasteiger partial charge in [-0.3, -0.25) is 0 Å². The van der Waals surface area contributed by atoms with E-state index in [-0.39, 0.29) is 21.5 Å². The number of methoxy groups -OCH3 is 1. The molecule has 0 spiro atoms. The summed E-state index contributed by atoms with van der Waals surface area (Å²) in [5, 5.41) is 9.59. The molecule has 0 radical (unpaired) electrons. The number of phenolic OH excluding ortho intramolecular Hbond substituents is 1. The van der Waals surface area contributed by atoms with E-state index in [1.54, 1.807) is 0 Å². The number of phenols is 1. The van der Waals surface area contributed by atoms with E-state index < -0.39 is 12.5 Å². The Morgan fingerprint density at radius 2 is 1.94 bits per heavy atom. The molecule has 3 N–H and O–H groups in total. The quantitative estimate of drug-likeness (QED) is 0.870. The van der Waals surface area contributed by atoms with Crippen molar-refractivity contribution in [2.75, 3.05) is 7.11 Å². The normalized spacial score (nSPS) is 12.9. The van der Waals surface area contributed by atoms with Crippen molar-refractivity contribution in [2.45, 2.75) is 12.5 Å². The van der Waals surface area contributed by atoms with Crippen molar-refractivity contribution < 1.29 is 18.6 Å². The van der Waals surface area contributed by atoms with Crippen LogP contribution in [0.4, 0.5) is 8.78 Å². The molecule has 0 heterocycles. The molecule has 0 saturated heterocycles. The molecule has 0 unspecified atom stereocenters. The summed E-state index contributed by atoms with van der Waals surface area (Å²) in [4.78, 5) is 0. The third-order valence-electron chi connectivity index (χ3n) is 2.02. The van der Waals surface area contributed by atoms with Crippen molar-refractivity contribution in [3.8, 4) is 11.5 Å². The summed E-state index contributed by atoms with van der Waals surface area (Å²) in [6, 6.07) is -0.166. The lowest BCUT2D eigenvalue weighted by molar-refractivity contribution is 0.116. The van der Waals surface area contributed by atoms with E-state index in [0.29, 0.717) is 4.47 Å². The lowest BCUT2D eigenvalue weighted by Crippen LogP contribution is -2.19. The van der Waals surface area contributed by atoms with E-state index in [1.807, 2.05) is 0 Å². The molecule has 0 saturated carbocycles. The van der Waals surface area contributed by atoms with Gasteiger partial charge in [0.05, 0.1) is 17.6 Å². The summed E-state index contributed by atoms with van der Waals surface area (Å²) in [5.41, 5.74) is 5.51. The van der Waals surface area contributed by atoms with Crippen LogP contribution in [0, 0.1) is 0 Å².